The molecule has 0 aliphatic heterocycles. The van der Waals surface area contributed by atoms with E-state index in [1.165, 1.54) is 0 Å². The Balaban J connectivity index is 2.98. The van der Waals surface area contributed by atoms with E-state index in [0.717, 1.165) is 18.6 Å². The molecule has 0 atom stereocenters. The van der Waals surface area contributed by atoms with Crippen LogP contribution in [0.25, 0.3) is 0 Å². The monoisotopic (exact) mass is 271 g/mol. The van der Waals surface area contributed by atoms with Crippen LogP contribution in [0.15, 0.2) is 10.5 Å². The summed E-state index contributed by atoms with van der Waals surface area (Å²) in [4.78, 5) is 14.4. The van der Waals surface area contributed by atoms with E-state index in [-0.39, 0.29) is 11.9 Å². The fraction of sp³-hybridized carbons (Fsp3) is 0.643. The van der Waals surface area contributed by atoms with Gasteiger partial charge in [0.15, 0.2) is 0 Å². The molecule has 1 rings (SSSR count). The van der Waals surface area contributed by atoms with Gasteiger partial charge >= 0.3 is 0 Å². The Hall–Kier alpha value is -0.960. The van der Waals surface area contributed by atoms with Crippen molar-refractivity contribution in [1.82, 2.24) is 4.90 Å². The second kappa shape index (κ2) is 6.83. The van der Waals surface area contributed by atoms with Crippen molar-refractivity contribution in [3.63, 3.8) is 0 Å². The molecule has 0 saturated carbocycles. The van der Waals surface area contributed by atoms with Crippen molar-refractivity contribution in [2.75, 3.05) is 12.4 Å². The van der Waals surface area contributed by atoms with Gasteiger partial charge in [-0.2, -0.15) is 0 Å². The van der Waals surface area contributed by atoms with Crippen molar-refractivity contribution in [3.05, 3.63) is 23.2 Å². The Kier molecular flexibility index (Phi) is 5.73. The predicted octanol–water partition coefficient (Wildman–Crippen LogP) is 3.77. The molecule has 1 aromatic heterocycles. The molecule has 1 heterocycles. The molecular weight excluding hydrogens is 250 g/mol. The van der Waals surface area contributed by atoms with Crippen LogP contribution >= 0.6 is 11.6 Å². The van der Waals surface area contributed by atoms with Crippen LogP contribution in [0, 0.1) is 13.8 Å². The number of hydrogen-bond acceptors (Lipinski definition) is 2. The van der Waals surface area contributed by atoms with Crippen LogP contribution in [0.1, 0.15) is 48.6 Å². The molecule has 1 aromatic rings. The smallest absolute Gasteiger partial charge is 0.257 e. The lowest BCUT2D eigenvalue weighted by atomic mass is 10.1. The molecule has 0 aromatic carbocycles. The molecule has 4 heteroatoms. The third-order valence-corrected chi connectivity index (χ3v) is 3.41. The minimum Gasteiger partial charge on any atom is -0.466 e. The summed E-state index contributed by atoms with van der Waals surface area (Å²) < 4.78 is 5.43. The lowest BCUT2D eigenvalue weighted by molar-refractivity contribution is 0.0680. The SMILES string of the molecule is CCC(CC)N(CCCl)C(=O)c1cc(C)oc1C. The predicted molar refractivity (Wildman–Crippen MR) is 74.3 cm³/mol. The fourth-order valence-corrected chi connectivity index (χ4v) is 2.45. The van der Waals surface area contributed by atoms with Crippen LogP contribution in [0.2, 0.25) is 0 Å². The van der Waals surface area contributed by atoms with E-state index in [4.69, 9.17) is 16.0 Å². The van der Waals surface area contributed by atoms with Crippen molar-refractivity contribution >= 4 is 17.5 Å². The maximum absolute atomic E-state index is 12.5. The number of hydrogen-bond donors (Lipinski definition) is 0. The van der Waals surface area contributed by atoms with Crippen molar-refractivity contribution in [2.45, 2.75) is 46.6 Å². The maximum Gasteiger partial charge on any atom is 0.257 e. The molecule has 0 unspecified atom stereocenters. The van der Waals surface area contributed by atoms with Gasteiger partial charge in [-0.3, -0.25) is 4.79 Å². The van der Waals surface area contributed by atoms with Crippen molar-refractivity contribution in [3.8, 4) is 0 Å². The van der Waals surface area contributed by atoms with Crippen molar-refractivity contribution in [1.29, 1.82) is 0 Å². The van der Waals surface area contributed by atoms with Gasteiger partial charge in [0.25, 0.3) is 5.91 Å². The molecular formula is C14H22ClNO2. The highest BCUT2D eigenvalue weighted by Crippen LogP contribution is 2.19. The van der Waals surface area contributed by atoms with E-state index < -0.39 is 0 Å². The third-order valence-electron chi connectivity index (χ3n) is 3.24. The van der Waals surface area contributed by atoms with Gasteiger partial charge in [-0.25, -0.2) is 0 Å². The second-order valence-corrected chi connectivity index (χ2v) is 4.86. The number of rotatable bonds is 6. The quantitative estimate of drug-likeness (QED) is 0.738. The van der Waals surface area contributed by atoms with Crippen molar-refractivity contribution < 1.29 is 9.21 Å². The zero-order valence-corrected chi connectivity index (χ0v) is 12.4. The number of furan rings is 1. The Labute approximate surface area is 114 Å². The summed E-state index contributed by atoms with van der Waals surface area (Å²) in [5, 5.41) is 0. The number of alkyl halides is 1. The lowest BCUT2D eigenvalue weighted by Crippen LogP contribution is -2.41. The van der Waals surface area contributed by atoms with Crippen LogP contribution < -0.4 is 0 Å². The molecule has 1 amide bonds. The van der Waals surface area contributed by atoms with Crippen LogP contribution in [-0.2, 0) is 0 Å². The molecule has 102 valence electrons. The van der Waals surface area contributed by atoms with Crippen LogP contribution in [0.4, 0.5) is 0 Å². The van der Waals surface area contributed by atoms with Gasteiger partial charge in [-0.15, -0.1) is 11.6 Å². The molecule has 0 aliphatic carbocycles. The Morgan fingerprint density at radius 3 is 2.39 bits per heavy atom. The first kappa shape index (κ1) is 15.1. The van der Waals surface area contributed by atoms with E-state index in [2.05, 4.69) is 13.8 Å². The number of aryl methyl sites for hydroxylation is 2. The summed E-state index contributed by atoms with van der Waals surface area (Å²) in [6.45, 7) is 8.45. The number of carbonyl (C=O) groups excluding carboxylic acids is 1. The number of amides is 1. The summed E-state index contributed by atoms with van der Waals surface area (Å²) in [5.74, 6) is 1.94. The largest absolute Gasteiger partial charge is 0.466 e. The normalized spacial score (nSPS) is 11.0. The fourth-order valence-electron chi connectivity index (χ4n) is 2.27. The maximum atomic E-state index is 12.5. The molecule has 18 heavy (non-hydrogen) atoms. The number of halogens is 1. The summed E-state index contributed by atoms with van der Waals surface area (Å²) in [5.41, 5.74) is 0.657. The Bertz CT molecular complexity index is 396. The van der Waals surface area contributed by atoms with Gasteiger partial charge in [-0.05, 0) is 32.8 Å². The topological polar surface area (TPSA) is 33.5 Å². The first-order valence-electron chi connectivity index (χ1n) is 6.49. The third kappa shape index (κ3) is 3.29. The Morgan fingerprint density at radius 2 is 2.00 bits per heavy atom. The lowest BCUT2D eigenvalue weighted by Gasteiger charge is -2.29. The summed E-state index contributed by atoms with van der Waals surface area (Å²) in [7, 11) is 0. The molecule has 0 spiro atoms. The van der Waals surface area contributed by atoms with E-state index in [0.29, 0.717) is 23.7 Å². The van der Waals surface area contributed by atoms with Gasteiger partial charge in [0.05, 0.1) is 5.56 Å². The zero-order chi connectivity index (χ0) is 13.7. The van der Waals surface area contributed by atoms with E-state index in [9.17, 15) is 4.79 Å². The first-order valence-corrected chi connectivity index (χ1v) is 7.02. The molecule has 0 saturated heterocycles. The van der Waals surface area contributed by atoms with Crippen LogP contribution in [0.5, 0.6) is 0 Å². The van der Waals surface area contributed by atoms with Crippen LogP contribution in [-0.4, -0.2) is 29.3 Å². The molecule has 0 bridgehead atoms. The van der Waals surface area contributed by atoms with E-state index in [1.54, 1.807) is 6.07 Å². The zero-order valence-electron chi connectivity index (χ0n) is 11.6. The van der Waals surface area contributed by atoms with Gasteiger partial charge in [0, 0.05) is 18.5 Å². The van der Waals surface area contributed by atoms with Gasteiger partial charge in [-0.1, -0.05) is 13.8 Å². The highest BCUT2D eigenvalue weighted by Gasteiger charge is 2.24. The first-order chi connectivity index (χ1) is 8.54. The van der Waals surface area contributed by atoms with Crippen molar-refractivity contribution in [2.24, 2.45) is 0 Å². The highest BCUT2D eigenvalue weighted by molar-refractivity contribution is 6.18. The number of carbonyl (C=O) groups is 1. The van der Waals surface area contributed by atoms with E-state index in [1.807, 2.05) is 18.7 Å². The molecule has 3 nitrogen and oxygen atoms in total. The average Bonchev–Trinajstić information content (AvgIpc) is 2.68. The van der Waals surface area contributed by atoms with Gasteiger partial charge in [0.1, 0.15) is 11.5 Å². The highest BCUT2D eigenvalue weighted by atomic mass is 35.5. The standard InChI is InChI=1S/C14H22ClNO2/c1-5-12(6-2)16(8-7-15)14(17)13-9-10(3)18-11(13)4/h9,12H,5-8H2,1-4H3. The molecule has 0 radical (unpaired) electrons. The Morgan fingerprint density at radius 1 is 1.39 bits per heavy atom. The summed E-state index contributed by atoms with van der Waals surface area (Å²) in [6, 6.07) is 2.05. The van der Waals surface area contributed by atoms with Gasteiger partial charge in [0.2, 0.25) is 0 Å². The molecule has 0 fully saturated rings. The minimum atomic E-state index is 0.0266. The van der Waals surface area contributed by atoms with Gasteiger partial charge < -0.3 is 9.32 Å². The second-order valence-electron chi connectivity index (χ2n) is 4.48. The molecule has 0 N–H and O–H groups in total. The summed E-state index contributed by atoms with van der Waals surface area (Å²) >= 11 is 5.81. The van der Waals surface area contributed by atoms with Crippen LogP contribution in [0.3, 0.4) is 0 Å². The number of nitrogens with zero attached hydrogens (tertiary/aromatic N) is 1. The minimum absolute atomic E-state index is 0.0266. The molecule has 0 aliphatic rings. The average molecular weight is 272 g/mol. The summed E-state index contributed by atoms with van der Waals surface area (Å²) in [6.07, 6.45) is 1.88. The van der Waals surface area contributed by atoms with E-state index >= 15 is 0 Å².